The number of amides is 3. The number of thiol groups is 1. The summed E-state index contributed by atoms with van der Waals surface area (Å²) in [4.78, 5) is 36.0. The van der Waals surface area contributed by atoms with E-state index in [9.17, 15) is 9.59 Å². The molecule has 3 heterocycles. The highest BCUT2D eigenvalue weighted by molar-refractivity contribution is 7.82. The molecule has 1 aliphatic rings. The summed E-state index contributed by atoms with van der Waals surface area (Å²) in [6.45, 7) is 9.44. The summed E-state index contributed by atoms with van der Waals surface area (Å²) in [5.74, 6) is 0.181. The van der Waals surface area contributed by atoms with Gasteiger partial charge in [0.1, 0.15) is 0 Å². The lowest BCUT2D eigenvalue weighted by atomic mass is 10.1. The van der Waals surface area contributed by atoms with Crippen LogP contribution in [0.1, 0.15) is 26.5 Å². The van der Waals surface area contributed by atoms with Crippen LogP contribution in [0.25, 0.3) is 0 Å². The molecule has 2 N–H and O–H groups in total. The molecule has 0 bridgehead atoms. The van der Waals surface area contributed by atoms with E-state index in [0.717, 1.165) is 30.4 Å². The molecule has 3 rings (SSSR count). The van der Waals surface area contributed by atoms with E-state index in [1.165, 1.54) is 11.9 Å². The minimum Gasteiger partial charge on any atom is -0.391 e. The molecule has 31 heavy (non-hydrogen) atoms. The Morgan fingerprint density at radius 3 is 2.55 bits per heavy atom. The first-order valence-corrected chi connectivity index (χ1v) is 10.7. The number of hydrogen-bond acceptors (Lipinski definition) is 6. The van der Waals surface area contributed by atoms with E-state index in [1.807, 2.05) is 33.0 Å². The maximum atomic E-state index is 12.5. The van der Waals surface area contributed by atoms with Gasteiger partial charge in [-0.05, 0) is 39.0 Å². The number of urea groups is 1. The zero-order valence-corrected chi connectivity index (χ0v) is 19.1. The minimum absolute atomic E-state index is 0.181. The maximum absolute atomic E-state index is 12.5. The van der Waals surface area contributed by atoms with Crippen LogP contribution in [0.15, 0.2) is 36.7 Å². The molecule has 0 unspecified atom stereocenters. The number of anilines is 1. The number of aromatic nitrogens is 2. The third kappa shape index (κ3) is 6.90. The van der Waals surface area contributed by atoms with Crippen LogP contribution in [-0.4, -0.2) is 70.2 Å². The predicted molar refractivity (Wildman–Crippen MR) is 123 cm³/mol. The highest BCUT2D eigenvalue weighted by Gasteiger charge is 2.23. The molecule has 1 fully saturated rings. The Balaban J connectivity index is 1.45. The molecule has 0 aromatic carbocycles. The van der Waals surface area contributed by atoms with E-state index in [0.29, 0.717) is 18.8 Å². The van der Waals surface area contributed by atoms with E-state index in [-0.39, 0.29) is 17.5 Å². The van der Waals surface area contributed by atoms with E-state index >= 15 is 0 Å². The van der Waals surface area contributed by atoms with Gasteiger partial charge in [-0.3, -0.25) is 4.90 Å². The van der Waals surface area contributed by atoms with Gasteiger partial charge >= 0.3 is 12.1 Å². The fourth-order valence-corrected chi connectivity index (χ4v) is 3.33. The van der Waals surface area contributed by atoms with Gasteiger partial charge in [-0.15, -0.1) is 0 Å². The minimum atomic E-state index is -0.419. The summed E-state index contributed by atoms with van der Waals surface area (Å²) in [5.41, 5.74) is 1.31. The predicted octanol–water partition coefficient (Wildman–Crippen LogP) is 2.93. The number of nitrogens with zero attached hydrogens (tertiary/aromatic N) is 4. The number of piperazine rings is 1. The highest BCUT2D eigenvalue weighted by Crippen LogP contribution is 2.19. The van der Waals surface area contributed by atoms with Crippen molar-refractivity contribution in [2.24, 2.45) is 0 Å². The number of hydrogen-bond donors (Lipinski definition) is 3. The van der Waals surface area contributed by atoms with Crippen molar-refractivity contribution in [1.82, 2.24) is 25.1 Å². The van der Waals surface area contributed by atoms with E-state index < -0.39 is 6.09 Å². The Bertz CT molecular complexity index is 858. The second-order valence-electron chi connectivity index (χ2n) is 8.49. The second-order valence-corrected chi connectivity index (χ2v) is 8.89. The summed E-state index contributed by atoms with van der Waals surface area (Å²) in [6, 6.07) is 6.89. The molecule has 168 valence electrons. The van der Waals surface area contributed by atoms with Crippen LogP contribution in [0.3, 0.4) is 0 Å². The number of aromatic amines is 1. The molecule has 3 amide bonds. The van der Waals surface area contributed by atoms with Gasteiger partial charge in [0.15, 0.2) is 0 Å². The number of carbonyl (C=O) groups is 2. The molecule has 0 saturated carbocycles. The van der Waals surface area contributed by atoms with Crippen molar-refractivity contribution in [1.29, 1.82) is 0 Å². The molecule has 2 aromatic rings. The SMILES string of the molecule is CC(C)(C)NC(=O)N(S)c1ccc(OC(=O)N2CCN(CCc3ccc[nH]3)CC2)nc1. The number of pyridine rings is 1. The van der Waals surface area contributed by atoms with Gasteiger partial charge < -0.3 is 19.9 Å². The first-order chi connectivity index (χ1) is 14.7. The van der Waals surface area contributed by atoms with Gasteiger partial charge in [0, 0.05) is 62.6 Å². The number of H-pyrrole nitrogens is 1. The van der Waals surface area contributed by atoms with Crippen molar-refractivity contribution in [2.45, 2.75) is 32.7 Å². The quantitative estimate of drug-likeness (QED) is 0.614. The molecule has 10 heteroatoms. The number of rotatable bonds is 5. The molecule has 0 aliphatic carbocycles. The van der Waals surface area contributed by atoms with Gasteiger partial charge in [-0.25, -0.2) is 18.9 Å². The third-order valence-electron chi connectivity index (χ3n) is 4.82. The van der Waals surface area contributed by atoms with Crippen LogP contribution >= 0.6 is 12.8 Å². The number of ether oxygens (including phenoxy) is 1. The van der Waals surface area contributed by atoms with Crippen molar-refractivity contribution in [3.05, 3.63) is 42.4 Å². The summed E-state index contributed by atoms with van der Waals surface area (Å²) < 4.78 is 6.56. The van der Waals surface area contributed by atoms with Crippen LogP contribution in [0.4, 0.5) is 15.3 Å². The zero-order valence-electron chi connectivity index (χ0n) is 18.2. The summed E-state index contributed by atoms with van der Waals surface area (Å²) in [7, 11) is 0. The van der Waals surface area contributed by atoms with Gasteiger partial charge in [-0.1, -0.05) is 12.8 Å². The van der Waals surface area contributed by atoms with E-state index in [1.54, 1.807) is 17.0 Å². The average molecular weight is 447 g/mol. The van der Waals surface area contributed by atoms with Crippen LogP contribution in [-0.2, 0) is 6.42 Å². The highest BCUT2D eigenvalue weighted by atomic mass is 32.1. The van der Waals surface area contributed by atoms with Gasteiger partial charge in [0.05, 0.1) is 11.9 Å². The molecule has 2 aromatic heterocycles. The van der Waals surface area contributed by atoms with Crippen LogP contribution < -0.4 is 14.4 Å². The maximum Gasteiger partial charge on any atom is 0.416 e. The molecular formula is C21H30N6O3S. The lowest BCUT2D eigenvalue weighted by Gasteiger charge is -2.33. The Labute approximate surface area is 188 Å². The smallest absolute Gasteiger partial charge is 0.391 e. The van der Waals surface area contributed by atoms with Crippen molar-refractivity contribution >= 4 is 30.6 Å². The van der Waals surface area contributed by atoms with E-state index in [2.05, 4.69) is 39.1 Å². The third-order valence-corrected chi connectivity index (χ3v) is 5.23. The van der Waals surface area contributed by atoms with Crippen LogP contribution in [0.5, 0.6) is 5.88 Å². The Hall–Kier alpha value is -2.72. The molecule has 0 atom stereocenters. The molecule has 0 radical (unpaired) electrons. The molecular weight excluding hydrogens is 416 g/mol. The van der Waals surface area contributed by atoms with Crippen LogP contribution in [0.2, 0.25) is 0 Å². The number of nitrogens with one attached hydrogen (secondary N) is 2. The van der Waals surface area contributed by atoms with E-state index in [4.69, 9.17) is 4.74 Å². The standard InChI is InChI=1S/C21H30N6O3S/c1-21(2,3)24-19(28)27(31)17-6-7-18(23-15-17)30-20(29)26-13-11-25(12-14-26)10-8-16-5-4-9-22-16/h4-7,9,15,22,31H,8,10-14H2,1-3H3,(H,24,28). The van der Waals surface area contributed by atoms with Gasteiger partial charge in [0.25, 0.3) is 0 Å². The molecule has 9 nitrogen and oxygen atoms in total. The van der Waals surface area contributed by atoms with Crippen LogP contribution in [0, 0.1) is 0 Å². The van der Waals surface area contributed by atoms with Crippen molar-refractivity contribution in [3.8, 4) is 5.88 Å². The fraction of sp³-hybridized carbons (Fsp3) is 0.476. The van der Waals surface area contributed by atoms with Crippen molar-refractivity contribution in [2.75, 3.05) is 37.0 Å². The molecule has 0 spiro atoms. The van der Waals surface area contributed by atoms with Gasteiger partial charge in [-0.2, -0.15) is 0 Å². The lowest BCUT2D eigenvalue weighted by Crippen LogP contribution is -2.50. The second kappa shape index (κ2) is 10.1. The first-order valence-electron chi connectivity index (χ1n) is 10.3. The topological polar surface area (TPSA) is 93.8 Å². The largest absolute Gasteiger partial charge is 0.416 e. The van der Waals surface area contributed by atoms with Gasteiger partial charge in [0.2, 0.25) is 5.88 Å². The average Bonchev–Trinajstić information content (AvgIpc) is 3.25. The fourth-order valence-electron chi connectivity index (χ4n) is 3.16. The van der Waals surface area contributed by atoms with Crippen molar-refractivity contribution in [3.63, 3.8) is 0 Å². The Morgan fingerprint density at radius 1 is 1.23 bits per heavy atom. The summed E-state index contributed by atoms with van der Waals surface area (Å²) >= 11 is 4.22. The number of carbonyl (C=O) groups excluding carboxylic acids is 2. The zero-order chi connectivity index (χ0) is 22.4. The first kappa shape index (κ1) is 23.0. The lowest BCUT2D eigenvalue weighted by molar-refractivity contribution is 0.110. The molecule has 1 aliphatic heterocycles. The summed E-state index contributed by atoms with van der Waals surface area (Å²) in [6.07, 6.45) is 3.91. The molecule has 1 saturated heterocycles. The Kier molecular flexibility index (Phi) is 7.45. The monoisotopic (exact) mass is 446 g/mol. The normalized spacial score (nSPS) is 14.9. The summed E-state index contributed by atoms with van der Waals surface area (Å²) in [5, 5.41) is 2.81. The Morgan fingerprint density at radius 2 is 1.97 bits per heavy atom. The van der Waals surface area contributed by atoms with Crippen molar-refractivity contribution < 1.29 is 14.3 Å².